The molecule has 11 heavy (non-hydrogen) atoms. The minimum Gasteiger partial charge on any atom is -0.424 e. The van der Waals surface area contributed by atoms with Crippen molar-refractivity contribution in [2.45, 2.75) is 6.42 Å². The van der Waals surface area contributed by atoms with Crippen molar-refractivity contribution < 1.29 is 9.53 Å². The first kappa shape index (κ1) is 6.15. The lowest BCUT2D eigenvalue weighted by molar-refractivity contribution is -0.135. The molecule has 0 atom stereocenters. The summed E-state index contributed by atoms with van der Waals surface area (Å²) in [5.74, 6) is 0.355. The quantitative estimate of drug-likeness (QED) is 0.505. The van der Waals surface area contributed by atoms with E-state index in [-0.39, 0.29) is 5.97 Å². The van der Waals surface area contributed by atoms with Gasteiger partial charge in [0.05, 0.1) is 12.8 Å². The molecule has 4 heteroatoms. The molecule has 0 bridgehead atoms. The zero-order chi connectivity index (χ0) is 7.68. The highest BCUT2D eigenvalue weighted by Crippen LogP contribution is 2.24. The summed E-state index contributed by atoms with van der Waals surface area (Å²) in [7, 11) is 0. The zero-order valence-electron chi connectivity index (χ0n) is 5.70. The lowest BCUT2D eigenvalue weighted by Crippen LogP contribution is -2.01. The number of nitrogens with one attached hydrogen (secondary N) is 1. The van der Waals surface area contributed by atoms with Crippen molar-refractivity contribution >= 4 is 12.3 Å². The molecule has 0 radical (unpaired) electrons. The van der Waals surface area contributed by atoms with Crippen LogP contribution in [0.15, 0.2) is 28.7 Å². The summed E-state index contributed by atoms with van der Waals surface area (Å²) >= 11 is 0. The Kier molecular flexibility index (Phi) is 1.25. The number of hydrogen-bond acceptors (Lipinski definition) is 4. The van der Waals surface area contributed by atoms with Crippen LogP contribution < -0.4 is 5.32 Å². The molecule has 1 saturated heterocycles. The third kappa shape index (κ3) is 1.02. The summed E-state index contributed by atoms with van der Waals surface area (Å²) in [6.07, 6.45) is 5.10. The average molecular weight is 150 g/mol. The van der Waals surface area contributed by atoms with E-state index in [1.807, 2.05) is 0 Å². The maximum Gasteiger partial charge on any atom is 0.315 e. The maximum atomic E-state index is 10.7. The van der Waals surface area contributed by atoms with Crippen molar-refractivity contribution in [1.29, 1.82) is 0 Å². The first-order valence-electron chi connectivity index (χ1n) is 3.24. The number of aliphatic imine (C=N–C) groups is 1. The molecule has 1 N–H and O–H groups in total. The van der Waals surface area contributed by atoms with Gasteiger partial charge in [-0.2, -0.15) is 0 Å². The third-order valence-corrected chi connectivity index (χ3v) is 1.47. The van der Waals surface area contributed by atoms with Gasteiger partial charge in [-0.05, 0) is 0 Å². The van der Waals surface area contributed by atoms with Gasteiger partial charge in [-0.15, -0.1) is 0 Å². The van der Waals surface area contributed by atoms with E-state index in [4.69, 9.17) is 4.74 Å². The number of allylic oxidation sites excluding steroid dienone is 1. The van der Waals surface area contributed by atoms with Crippen LogP contribution in [0, 0.1) is 0 Å². The predicted octanol–water partition coefficient (Wildman–Crippen LogP) is 0.290. The second-order valence-electron chi connectivity index (χ2n) is 2.26. The smallest absolute Gasteiger partial charge is 0.315 e. The fourth-order valence-electron chi connectivity index (χ4n) is 0.982. The third-order valence-electron chi connectivity index (χ3n) is 1.47. The van der Waals surface area contributed by atoms with Crippen LogP contribution >= 0.6 is 0 Å². The summed E-state index contributed by atoms with van der Waals surface area (Å²) in [4.78, 5) is 14.6. The van der Waals surface area contributed by atoms with Crippen LogP contribution in [0.4, 0.5) is 0 Å². The van der Waals surface area contributed by atoms with E-state index in [9.17, 15) is 4.79 Å². The van der Waals surface area contributed by atoms with Crippen LogP contribution in [0.2, 0.25) is 0 Å². The number of nitrogens with zero attached hydrogens (tertiary/aromatic N) is 1. The Morgan fingerprint density at radius 2 is 2.55 bits per heavy atom. The van der Waals surface area contributed by atoms with E-state index in [2.05, 4.69) is 10.3 Å². The average Bonchev–Trinajstić information content (AvgIpc) is 2.17. The van der Waals surface area contributed by atoms with Gasteiger partial charge in [0, 0.05) is 18.0 Å². The predicted molar refractivity (Wildman–Crippen MR) is 38.5 cm³/mol. The van der Waals surface area contributed by atoms with E-state index in [0.717, 1.165) is 5.57 Å². The molecule has 1 fully saturated rings. The van der Waals surface area contributed by atoms with Gasteiger partial charge >= 0.3 is 5.97 Å². The Balaban J connectivity index is 2.37. The number of hydrogen-bond donors (Lipinski definition) is 1. The van der Waals surface area contributed by atoms with Crippen molar-refractivity contribution in [1.82, 2.24) is 5.32 Å². The highest BCUT2D eigenvalue weighted by molar-refractivity contribution is 5.80. The molecule has 2 aliphatic heterocycles. The molecular formula is C7H6N2O2. The van der Waals surface area contributed by atoms with Crippen LogP contribution in [-0.4, -0.2) is 12.3 Å². The standard InChI is InChI=1S/C7H6N2O2/c10-7-1-5-2-8-4-9-3-6(5)11-7/h2-4H,1H2,(H,8,9). The fourth-order valence-corrected chi connectivity index (χ4v) is 0.982. The topological polar surface area (TPSA) is 50.7 Å². The van der Waals surface area contributed by atoms with E-state index < -0.39 is 0 Å². The number of carbonyl (C=O) groups excluding carboxylic acids is 1. The van der Waals surface area contributed by atoms with Gasteiger partial charge in [0.2, 0.25) is 0 Å². The number of rotatable bonds is 0. The minimum absolute atomic E-state index is 0.221. The fraction of sp³-hybridized carbons (Fsp3) is 0.143. The van der Waals surface area contributed by atoms with Crippen LogP contribution in [0.3, 0.4) is 0 Å². The van der Waals surface area contributed by atoms with Gasteiger partial charge in [-0.25, -0.2) is 4.99 Å². The highest BCUT2D eigenvalue weighted by Gasteiger charge is 2.23. The van der Waals surface area contributed by atoms with Gasteiger partial charge in [0.25, 0.3) is 0 Å². The molecular weight excluding hydrogens is 144 g/mol. The van der Waals surface area contributed by atoms with Gasteiger partial charge in [0.1, 0.15) is 0 Å². The first-order valence-corrected chi connectivity index (χ1v) is 3.24. The molecule has 0 aromatic heterocycles. The number of esters is 1. The maximum absolute atomic E-state index is 10.7. The summed E-state index contributed by atoms with van der Waals surface area (Å²) in [5, 5.41) is 2.76. The Bertz CT molecular complexity index is 289. The van der Waals surface area contributed by atoms with Crippen molar-refractivity contribution in [2.75, 3.05) is 0 Å². The highest BCUT2D eigenvalue weighted by atomic mass is 16.5. The number of ether oxygens (including phenoxy) is 1. The van der Waals surface area contributed by atoms with Gasteiger partial charge in [-0.1, -0.05) is 0 Å². The van der Waals surface area contributed by atoms with Crippen molar-refractivity contribution in [3.63, 3.8) is 0 Å². The molecule has 56 valence electrons. The molecule has 2 heterocycles. The van der Waals surface area contributed by atoms with Crippen LogP contribution in [0.5, 0.6) is 0 Å². The summed E-state index contributed by atoms with van der Waals surface area (Å²) in [6, 6.07) is 0. The van der Waals surface area contributed by atoms with E-state index in [1.54, 1.807) is 12.4 Å². The molecule has 4 nitrogen and oxygen atoms in total. The van der Waals surface area contributed by atoms with Crippen LogP contribution in [0.1, 0.15) is 6.42 Å². The Labute approximate surface area is 63.3 Å². The van der Waals surface area contributed by atoms with E-state index in [1.165, 1.54) is 6.34 Å². The van der Waals surface area contributed by atoms with Crippen LogP contribution in [0.25, 0.3) is 0 Å². The van der Waals surface area contributed by atoms with Gasteiger partial charge in [0.15, 0.2) is 5.76 Å². The van der Waals surface area contributed by atoms with Crippen LogP contribution in [-0.2, 0) is 9.53 Å². The van der Waals surface area contributed by atoms with Gasteiger partial charge in [-0.3, -0.25) is 4.79 Å². The van der Waals surface area contributed by atoms with Crippen molar-refractivity contribution in [3.8, 4) is 0 Å². The Morgan fingerprint density at radius 3 is 3.45 bits per heavy atom. The molecule has 0 aromatic rings. The Morgan fingerprint density at radius 1 is 1.64 bits per heavy atom. The lowest BCUT2D eigenvalue weighted by atomic mass is 10.2. The molecule has 2 aliphatic rings. The summed E-state index contributed by atoms with van der Waals surface area (Å²) in [6.45, 7) is 0. The number of carbonyl (C=O) groups is 1. The molecule has 0 amide bonds. The molecule has 0 spiro atoms. The second-order valence-corrected chi connectivity index (χ2v) is 2.26. The van der Waals surface area contributed by atoms with Gasteiger partial charge < -0.3 is 10.1 Å². The van der Waals surface area contributed by atoms with Crippen molar-refractivity contribution in [3.05, 3.63) is 23.7 Å². The molecule has 0 unspecified atom stereocenters. The Hall–Kier alpha value is -1.58. The summed E-state index contributed by atoms with van der Waals surface area (Å²) < 4.78 is 4.86. The molecule has 0 saturated carbocycles. The minimum atomic E-state index is -0.221. The second kappa shape index (κ2) is 2.23. The number of fused-ring (bicyclic) bond motifs is 1. The molecule has 0 aliphatic carbocycles. The largest absolute Gasteiger partial charge is 0.424 e. The zero-order valence-corrected chi connectivity index (χ0v) is 5.70. The summed E-state index contributed by atoms with van der Waals surface area (Å²) in [5.41, 5.74) is 0.830. The van der Waals surface area contributed by atoms with E-state index in [0.29, 0.717) is 12.2 Å². The van der Waals surface area contributed by atoms with Crippen molar-refractivity contribution in [2.24, 2.45) is 4.99 Å². The monoisotopic (exact) mass is 150 g/mol. The molecule has 0 aromatic carbocycles. The normalized spacial score (nSPS) is 20.9. The van der Waals surface area contributed by atoms with E-state index >= 15 is 0 Å². The first-order chi connectivity index (χ1) is 5.36. The lowest BCUT2D eigenvalue weighted by Gasteiger charge is -1.93. The molecule has 2 rings (SSSR count). The SMILES string of the molecule is O=C1CC2=CN=CNC=C2O1.